The van der Waals surface area contributed by atoms with Crippen molar-refractivity contribution < 1.29 is 9.90 Å². The first-order valence-corrected chi connectivity index (χ1v) is 6.64. The maximum atomic E-state index is 12.1. The average molecular weight is 278 g/mol. The van der Waals surface area contributed by atoms with Gasteiger partial charge in [0, 0.05) is 23.7 Å². The van der Waals surface area contributed by atoms with Gasteiger partial charge in [0.05, 0.1) is 5.52 Å². The number of para-hydroxylation sites is 1. The smallest absolute Gasteiger partial charge is 0.251 e. The minimum Gasteiger partial charge on any atom is -0.508 e. The van der Waals surface area contributed by atoms with Crippen LogP contribution in [0.2, 0.25) is 0 Å². The Morgan fingerprint density at radius 1 is 1.10 bits per heavy atom. The van der Waals surface area contributed by atoms with E-state index >= 15 is 0 Å². The van der Waals surface area contributed by atoms with Crippen molar-refractivity contribution in [2.45, 2.75) is 6.54 Å². The molecule has 0 fully saturated rings. The summed E-state index contributed by atoms with van der Waals surface area (Å²) in [6.45, 7) is 0.392. The van der Waals surface area contributed by atoms with Crippen molar-refractivity contribution in [1.29, 1.82) is 0 Å². The van der Waals surface area contributed by atoms with Gasteiger partial charge < -0.3 is 10.4 Å². The summed E-state index contributed by atoms with van der Waals surface area (Å²) >= 11 is 0. The summed E-state index contributed by atoms with van der Waals surface area (Å²) in [6, 6.07) is 16.0. The summed E-state index contributed by atoms with van der Waals surface area (Å²) in [5.74, 6) is -0.145. The third kappa shape index (κ3) is 2.84. The Bertz CT molecular complexity index is 794. The number of rotatable bonds is 3. The van der Waals surface area contributed by atoms with Crippen LogP contribution in [0.4, 0.5) is 0 Å². The Labute approximate surface area is 122 Å². The third-order valence-electron chi connectivity index (χ3n) is 3.26. The van der Waals surface area contributed by atoms with Gasteiger partial charge in [0.1, 0.15) is 5.75 Å². The van der Waals surface area contributed by atoms with Gasteiger partial charge in [0.25, 0.3) is 5.91 Å². The molecule has 4 heteroatoms. The van der Waals surface area contributed by atoms with E-state index in [1.54, 1.807) is 18.3 Å². The van der Waals surface area contributed by atoms with Gasteiger partial charge in [-0.15, -0.1) is 0 Å². The molecule has 3 rings (SSSR count). The molecule has 1 aromatic heterocycles. The minimum absolute atomic E-state index is 0.0782. The van der Waals surface area contributed by atoms with E-state index in [1.807, 2.05) is 30.3 Å². The van der Waals surface area contributed by atoms with Crippen LogP contribution in [-0.2, 0) is 6.54 Å². The molecule has 3 aromatic rings. The number of amides is 1. The summed E-state index contributed by atoms with van der Waals surface area (Å²) in [7, 11) is 0. The van der Waals surface area contributed by atoms with Crippen molar-refractivity contribution in [2.75, 3.05) is 0 Å². The summed E-state index contributed by atoms with van der Waals surface area (Å²) in [6.07, 6.45) is 1.74. The molecule has 0 saturated heterocycles. The zero-order valence-corrected chi connectivity index (χ0v) is 11.3. The number of pyridine rings is 1. The highest BCUT2D eigenvalue weighted by atomic mass is 16.3. The van der Waals surface area contributed by atoms with E-state index in [0.29, 0.717) is 12.1 Å². The molecule has 1 heterocycles. The van der Waals surface area contributed by atoms with Crippen LogP contribution >= 0.6 is 0 Å². The van der Waals surface area contributed by atoms with Gasteiger partial charge in [-0.3, -0.25) is 9.78 Å². The van der Waals surface area contributed by atoms with Crippen LogP contribution in [0.3, 0.4) is 0 Å². The number of nitrogens with zero attached hydrogens (tertiary/aromatic N) is 1. The summed E-state index contributed by atoms with van der Waals surface area (Å²) in [5, 5.41) is 13.3. The number of hydrogen-bond acceptors (Lipinski definition) is 3. The number of hydrogen-bond donors (Lipinski definition) is 2. The van der Waals surface area contributed by atoms with E-state index in [2.05, 4.69) is 10.3 Å². The molecule has 2 aromatic carbocycles. The zero-order chi connectivity index (χ0) is 14.7. The molecule has 0 aliphatic heterocycles. The largest absolute Gasteiger partial charge is 0.508 e. The number of carbonyl (C=O) groups is 1. The van der Waals surface area contributed by atoms with E-state index in [9.17, 15) is 9.90 Å². The number of fused-ring (bicyclic) bond motifs is 1. The number of aromatic hydroxyl groups is 1. The molecule has 104 valence electrons. The Balaban J connectivity index is 1.79. The maximum absolute atomic E-state index is 12.1. The highest BCUT2D eigenvalue weighted by Gasteiger charge is 2.07. The first-order valence-electron chi connectivity index (χ1n) is 6.64. The van der Waals surface area contributed by atoms with E-state index in [0.717, 1.165) is 16.5 Å². The third-order valence-corrected chi connectivity index (χ3v) is 3.26. The van der Waals surface area contributed by atoms with Crippen LogP contribution in [0, 0.1) is 0 Å². The van der Waals surface area contributed by atoms with Crippen LogP contribution in [-0.4, -0.2) is 16.0 Å². The van der Waals surface area contributed by atoms with Crippen LogP contribution in [0.15, 0.2) is 60.8 Å². The number of phenols is 1. The lowest BCUT2D eigenvalue weighted by Gasteiger charge is -2.08. The van der Waals surface area contributed by atoms with Crippen molar-refractivity contribution in [3.63, 3.8) is 0 Å². The van der Waals surface area contributed by atoms with Crippen molar-refractivity contribution in [3.05, 3.63) is 71.9 Å². The van der Waals surface area contributed by atoms with E-state index in [1.165, 1.54) is 12.1 Å². The van der Waals surface area contributed by atoms with Gasteiger partial charge in [-0.2, -0.15) is 0 Å². The number of nitrogens with one attached hydrogen (secondary N) is 1. The van der Waals surface area contributed by atoms with Crippen LogP contribution in [0.5, 0.6) is 5.75 Å². The predicted octanol–water partition coefficient (Wildman–Crippen LogP) is 2.87. The van der Waals surface area contributed by atoms with Gasteiger partial charge >= 0.3 is 0 Å². The average Bonchev–Trinajstić information content (AvgIpc) is 2.52. The molecule has 0 saturated carbocycles. The molecular weight excluding hydrogens is 264 g/mol. The molecule has 21 heavy (non-hydrogen) atoms. The van der Waals surface area contributed by atoms with Crippen molar-refractivity contribution in [3.8, 4) is 5.75 Å². The second-order valence-corrected chi connectivity index (χ2v) is 4.73. The lowest BCUT2D eigenvalue weighted by atomic mass is 10.1. The monoisotopic (exact) mass is 278 g/mol. The zero-order valence-electron chi connectivity index (χ0n) is 11.3. The highest BCUT2D eigenvalue weighted by molar-refractivity contribution is 5.94. The number of carbonyl (C=O) groups excluding carboxylic acids is 1. The molecule has 0 spiro atoms. The molecule has 1 amide bonds. The van der Waals surface area contributed by atoms with Crippen molar-refractivity contribution in [1.82, 2.24) is 10.3 Å². The first kappa shape index (κ1) is 13.1. The van der Waals surface area contributed by atoms with Crippen LogP contribution < -0.4 is 5.32 Å². The molecule has 0 aliphatic rings. The Morgan fingerprint density at radius 3 is 2.76 bits per heavy atom. The summed E-state index contributed by atoms with van der Waals surface area (Å²) in [4.78, 5) is 16.4. The van der Waals surface area contributed by atoms with Gasteiger partial charge in [-0.05, 0) is 29.8 Å². The normalized spacial score (nSPS) is 10.5. The summed E-state index contributed by atoms with van der Waals surface area (Å²) in [5.41, 5.74) is 2.28. The second kappa shape index (κ2) is 5.63. The van der Waals surface area contributed by atoms with E-state index in [-0.39, 0.29) is 11.7 Å². The van der Waals surface area contributed by atoms with Gasteiger partial charge in [-0.1, -0.05) is 30.3 Å². The number of benzene rings is 2. The SMILES string of the molecule is O=C(NCc1cccc2cccnc12)c1cccc(O)c1. The van der Waals surface area contributed by atoms with Crippen LogP contribution in [0.1, 0.15) is 15.9 Å². The molecule has 0 unspecified atom stereocenters. The second-order valence-electron chi connectivity index (χ2n) is 4.73. The van der Waals surface area contributed by atoms with E-state index < -0.39 is 0 Å². The van der Waals surface area contributed by atoms with Crippen LogP contribution in [0.25, 0.3) is 10.9 Å². The lowest BCUT2D eigenvalue weighted by molar-refractivity contribution is 0.0950. The van der Waals surface area contributed by atoms with Crippen molar-refractivity contribution in [2.24, 2.45) is 0 Å². The molecule has 0 bridgehead atoms. The molecule has 0 radical (unpaired) electrons. The Hall–Kier alpha value is -2.88. The number of aromatic nitrogens is 1. The van der Waals surface area contributed by atoms with E-state index in [4.69, 9.17) is 0 Å². The first-order chi connectivity index (χ1) is 10.2. The predicted molar refractivity (Wildman–Crippen MR) is 81.0 cm³/mol. The Morgan fingerprint density at radius 2 is 1.90 bits per heavy atom. The topological polar surface area (TPSA) is 62.2 Å². The molecular formula is C17H14N2O2. The van der Waals surface area contributed by atoms with Gasteiger partial charge in [-0.25, -0.2) is 0 Å². The fraction of sp³-hybridized carbons (Fsp3) is 0.0588. The number of phenolic OH excluding ortho intramolecular Hbond substituents is 1. The van der Waals surface area contributed by atoms with Gasteiger partial charge in [0.15, 0.2) is 0 Å². The van der Waals surface area contributed by atoms with Gasteiger partial charge in [0.2, 0.25) is 0 Å². The molecule has 0 aliphatic carbocycles. The van der Waals surface area contributed by atoms with Crippen molar-refractivity contribution >= 4 is 16.8 Å². The molecule has 0 atom stereocenters. The lowest BCUT2D eigenvalue weighted by Crippen LogP contribution is -2.22. The molecule has 4 nitrogen and oxygen atoms in total. The standard InChI is InChI=1S/C17H14N2O2/c20-15-8-2-5-13(10-15)17(21)19-11-14-6-1-4-12-7-3-9-18-16(12)14/h1-10,20H,11H2,(H,19,21). The summed E-state index contributed by atoms with van der Waals surface area (Å²) < 4.78 is 0. The minimum atomic E-state index is -0.223. The Kier molecular flexibility index (Phi) is 3.51. The maximum Gasteiger partial charge on any atom is 0.251 e. The molecule has 2 N–H and O–H groups in total. The fourth-order valence-electron chi connectivity index (χ4n) is 2.23. The highest BCUT2D eigenvalue weighted by Crippen LogP contribution is 2.16. The quantitative estimate of drug-likeness (QED) is 0.774. The fourth-order valence-corrected chi connectivity index (χ4v) is 2.23.